The van der Waals surface area contributed by atoms with Gasteiger partial charge in [0.05, 0.1) is 5.75 Å². The molecule has 0 bridgehead atoms. The zero-order valence-corrected chi connectivity index (χ0v) is 13.7. The third kappa shape index (κ3) is 2.91. The minimum atomic E-state index is -3.15. The number of sulfone groups is 1. The van der Waals surface area contributed by atoms with Gasteiger partial charge >= 0.3 is 0 Å². The van der Waals surface area contributed by atoms with E-state index < -0.39 is 15.1 Å². The molecule has 1 unspecified atom stereocenters. The van der Waals surface area contributed by atoms with E-state index in [1.807, 2.05) is 6.07 Å². The minimum Gasteiger partial charge on any atom is -0.352 e. The zero-order chi connectivity index (χ0) is 15.8. The Kier molecular flexibility index (Phi) is 4.02. The molecule has 1 aliphatic heterocycles. The van der Waals surface area contributed by atoms with Crippen LogP contribution in [0.3, 0.4) is 0 Å². The normalized spacial score (nSPS) is 33.7. The third-order valence-electron chi connectivity index (χ3n) is 5.30. The molecule has 0 aromatic heterocycles. The number of carbonyl (C=O) groups excluding carboxylic acids is 1. The van der Waals surface area contributed by atoms with Crippen LogP contribution in [0.2, 0.25) is 0 Å². The lowest BCUT2D eigenvalue weighted by molar-refractivity contribution is -0.122. The summed E-state index contributed by atoms with van der Waals surface area (Å²) in [7, 11) is -3.15. The Morgan fingerprint density at radius 2 is 1.77 bits per heavy atom. The molecule has 5 heteroatoms. The van der Waals surface area contributed by atoms with Gasteiger partial charge in [-0.1, -0.05) is 37.3 Å². The number of benzene rings is 1. The Hall–Kier alpha value is -1.36. The van der Waals surface area contributed by atoms with Crippen LogP contribution < -0.4 is 5.32 Å². The van der Waals surface area contributed by atoms with Gasteiger partial charge < -0.3 is 5.32 Å². The molecule has 120 valence electrons. The number of nitrogens with one attached hydrogen (secondary N) is 1. The maximum Gasteiger partial charge on any atom is 0.238 e. The van der Waals surface area contributed by atoms with Crippen LogP contribution in [0, 0.1) is 0 Å². The van der Waals surface area contributed by atoms with Gasteiger partial charge in [-0.15, -0.1) is 0 Å². The Balaban J connectivity index is 1.57. The summed E-state index contributed by atoms with van der Waals surface area (Å²) in [5, 5.41) is 2.15. The molecule has 1 aliphatic carbocycles. The van der Waals surface area contributed by atoms with E-state index in [-0.39, 0.29) is 23.1 Å². The Bertz CT molecular complexity index is 646. The summed E-state index contributed by atoms with van der Waals surface area (Å²) in [5.41, 5.74) is 1.51. The van der Waals surface area contributed by atoms with Crippen LogP contribution in [0.1, 0.15) is 44.6 Å². The molecule has 1 saturated carbocycles. The maximum absolute atomic E-state index is 12.1. The first kappa shape index (κ1) is 15.5. The lowest BCUT2D eigenvalue weighted by Crippen LogP contribution is -2.52. The van der Waals surface area contributed by atoms with E-state index >= 15 is 0 Å². The molecule has 1 heterocycles. The fourth-order valence-corrected chi connectivity index (χ4v) is 4.80. The molecule has 2 fully saturated rings. The molecule has 22 heavy (non-hydrogen) atoms. The number of hydrogen-bond donors (Lipinski definition) is 1. The topological polar surface area (TPSA) is 63.2 Å². The molecule has 2 aliphatic rings. The van der Waals surface area contributed by atoms with Crippen LogP contribution in [-0.2, 0) is 20.0 Å². The minimum absolute atomic E-state index is 0.111. The van der Waals surface area contributed by atoms with Crippen molar-refractivity contribution in [2.45, 2.75) is 55.7 Å². The lowest BCUT2D eigenvalue weighted by Gasteiger charge is -2.38. The smallest absolute Gasteiger partial charge is 0.238 e. The Labute approximate surface area is 132 Å². The molecule has 1 aromatic rings. The van der Waals surface area contributed by atoms with Crippen molar-refractivity contribution in [1.29, 1.82) is 0 Å². The molecule has 0 spiro atoms. The second kappa shape index (κ2) is 5.69. The summed E-state index contributed by atoms with van der Waals surface area (Å²) in [6, 6.07) is 10.6. The number of amides is 1. The molecule has 1 amide bonds. The summed E-state index contributed by atoms with van der Waals surface area (Å²) in [6.07, 6.45) is 4.31. The van der Waals surface area contributed by atoms with Gasteiger partial charge in [-0.05, 0) is 43.1 Å². The summed E-state index contributed by atoms with van der Waals surface area (Å²) >= 11 is 0. The second-order valence-corrected chi connectivity index (χ2v) is 9.16. The molecule has 4 nitrogen and oxygen atoms in total. The van der Waals surface area contributed by atoms with Crippen molar-refractivity contribution in [3.63, 3.8) is 0 Å². The van der Waals surface area contributed by atoms with Crippen molar-refractivity contribution in [1.82, 2.24) is 5.32 Å². The van der Waals surface area contributed by atoms with Gasteiger partial charge in [0.2, 0.25) is 5.91 Å². The zero-order valence-electron chi connectivity index (χ0n) is 12.9. The fourth-order valence-electron chi connectivity index (χ4n) is 3.54. The molecular formula is C17H23NO3S. The number of hydrogen-bond acceptors (Lipinski definition) is 3. The predicted octanol–water partition coefficient (Wildman–Crippen LogP) is 2.19. The fraction of sp³-hybridized carbons (Fsp3) is 0.588. The van der Waals surface area contributed by atoms with E-state index in [1.165, 1.54) is 5.56 Å². The van der Waals surface area contributed by atoms with Crippen LogP contribution in [-0.4, -0.2) is 31.4 Å². The van der Waals surface area contributed by atoms with Crippen molar-refractivity contribution < 1.29 is 13.2 Å². The van der Waals surface area contributed by atoms with E-state index in [9.17, 15) is 13.2 Å². The van der Waals surface area contributed by atoms with Gasteiger partial charge in [0.1, 0.15) is 5.25 Å². The molecule has 1 aromatic carbocycles. The van der Waals surface area contributed by atoms with Crippen LogP contribution >= 0.6 is 0 Å². The standard InChI is InChI=1S/C17H23NO3S/c1-17(13-5-3-2-4-6-13)10-7-14(8-11-17)18-16(19)15-9-12-22(15,20)21/h2-6,14-15H,7-12H2,1H3,(H,18,19). The molecular weight excluding hydrogens is 298 g/mol. The quantitative estimate of drug-likeness (QED) is 0.928. The van der Waals surface area contributed by atoms with Gasteiger partial charge in [-0.2, -0.15) is 0 Å². The predicted molar refractivity (Wildman–Crippen MR) is 86.4 cm³/mol. The second-order valence-electron chi connectivity index (χ2n) is 6.85. The van der Waals surface area contributed by atoms with E-state index in [4.69, 9.17) is 0 Å². The molecule has 0 radical (unpaired) electrons. The summed E-state index contributed by atoms with van der Waals surface area (Å²) in [5.74, 6) is -0.137. The molecule has 3 rings (SSSR count). The van der Waals surface area contributed by atoms with Crippen molar-refractivity contribution in [3.05, 3.63) is 35.9 Å². The van der Waals surface area contributed by atoms with Gasteiger partial charge in [-0.3, -0.25) is 4.79 Å². The maximum atomic E-state index is 12.1. The highest BCUT2D eigenvalue weighted by molar-refractivity contribution is 7.94. The third-order valence-corrected chi connectivity index (χ3v) is 7.42. The first-order chi connectivity index (χ1) is 10.4. The number of rotatable bonds is 3. The monoisotopic (exact) mass is 321 g/mol. The average molecular weight is 321 g/mol. The highest BCUT2D eigenvalue weighted by Crippen LogP contribution is 2.39. The van der Waals surface area contributed by atoms with E-state index in [0.717, 1.165) is 25.7 Å². The lowest BCUT2D eigenvalue weighted by atomic mass is 9.69. The van der Waals surface area contributed by atoms with Crippen molar-refractivity contribution in [2.24, 2.45) is 0 Å². The SMILES string of the molecule is CC1(c2ccccc2)CCC(NC(=O)C2CCS2(=O)=O)CC1. The van der Waals surface area contributed by atoms with E-state index in [0.29, 0.717) is 6.42 Å². The highest BCUT2D eigenvalue weighted by Gasteiger charge is 2.42. The van der Waals surface area contributed by atoms with Crippen LogP contribution in [0.4, 0.5) is 0 Å². The molecule has 1 saturated heterocycles. The average Bonchev–Trinajstić information content (AvgIpc) is 2.50. The van der Waals surface area contributed by atoms with Crippen molar-refractivity contribution in [3.8, 4) is 0 Å². The van der Waals surface area contributed by atoms with E-state index in [1.54, 1.807) is 0 Å². The van der Waals surface area contributed by atoms with Gasteiger partial charge in [0, 0.05) is 6.04 Å². The highest BCUT2D eigenvalue weighted by atomic mass is 32.2. The van der Waals surface area contributed by atoms with Crippen LogP contribution in [0.15, 0.2) is 30.3 Å². The van der Waals surface area contributed by atoms with Crippen molar-refractivity contribution >= 4 is 15.7 Å². The van der Waals surface area contributed by atoms with Crippen LogP contribution in [0.25, 0.3) is 0 Å². The van der Waals surface area contributed by atoms with Gasteiger partial charge in [0.25, 0.3) is 0 Å². The summed E-state index contributed by atoms with van der Waals surface area (Å²) < 4.78 is 23.1. The summed E-state index contributed by atoms with van der Waals surface area (Å²) in [4.78, 5) is 12.1. The van der Waals surface area contributed by atoms with Crippen LogP contribution in [0.5, 0.6) is 0 Å². The molecule has 1 atom stereocenters. The van der Waals surface area contributed by atoms with Crippen molar-refractivity contribution in [2.75, 3.05) is 5.75 Å². The Morgan fingerprint density at radius 3 is 2.27 bits per heavy atom. The first-order valence-corrected chi connectivity index (χ1v) is 9.70. The molecule has 1 N–H and O–H groups in total. The number of carbonyl (C=O) groups is 1. The first-order valence-electron chi connectivity index (χ1n) is 7.98. The van der Waals surface area contributed by atoms with E-state index in [2.05, 4.69) is 36.5 Å². The van der Waals surface area contributed by atoms with Gasteiger partial charge in [0.15, 0.2) is 9.84 Å². The van der Waals surface area contributed by atoms with Gasteiger partial charge in [-0.25, -0.2) is 8.42 Å². The Morgan fingerprint density at radius 1 is 1.14 bits per heavy atom. The summed E-state index contributed by atoms with van der Waals surface area (Å²) in [6.45, 7) is 2.27. The largest absolute Gasteiger partial charge is 0.352 e.